The highest BCUT2D eigenvalue weighted by Crippen LogP contribution is 2.07. The zero-order valence-electron chi connectivity index (χ0n) is 6.61. The summed E-state index contributed by atoms with van der Waals surface area (Å²) >= 11 is 4.06. The van der Waals surface area contributed by atoms with Crippen LogP contribution in [0.5, 0.6) is 0 Å². The average molecular weight is 173 g/mol. The molecule has 0 spiro atoms. The number of β-amino-alcohol motifs (C(OH)–C–C–N with tert-alkyl or cyclic N) is 1. The fourth-order valence-electron chi connectivity index (χ4n) is 1.28. The fourth-order valence-corrected chi connectivity index (χ4v) is 1.43. The van der Waals surface area contributed by atoms with E-state index in [1.807, 2.05) is 6.08 Å². The van der Waals surface area contributed by atoms with Crippen LogP contribution in [0.25, 0.3) is 0 Å². The Bertz CT molecular complexity index is 138. The summed E-state index contributed by atoms with van der Waals surface area (Å²) in [5, 5.41) is 9.18. The molecule has 1 fully saturated rings. The van der Waals surface area contributed by atoms with Crippen LogP contribution in [0, 0.1) is 0 Å². The van der Waals surface area contributed by atoms with E-state index in [9.17, 15) is 5.11 Å². The van der Waals surface area contributed by atoms with Crippen LogP contribution in [0.2, 0.25) is 0 Å². The van der Waals surface area contributed by atoms with Gasteiger partial charge in [-0.1, -0.05) is 12.2 Å². The van der Waals surface area contributed by atoms with E-state index in [-0.39, 0.29) is 6.10 Å². The van der Waals surface area contributed by atoms with Crippen molar-refractivity contribution in [3.63, 3.8) is 0 Å². The Balaban J connectivity index is 2.13. The Morgan fingerprint density at radius 3 is 2.91 bits per heavy atom. The van der Waals surface area contributed by atoms with Gasteiger partial charge in [0.15, 0.2) is 0 Å². The summed E-state index contributed by atoms with van der Waals surface area (Å²) in [5.74, 6) is 0.802. The largest absolute Gasteiger partial charge is 0.392 e. The normalized spacial score (nSPS) is 26.9. The van der Waals surface area contributed by atoms with Crippen LogP contribution in [-0.2, 0) is 0 Å². The Morgan fingerprint density at radius 1 is 1.55 bits per heavy atom. The summed E-state index contributed by atoms with van der Waals surface area (Å²) in [6.07, 6.45) is 4.97. The molecule has 1 rings (SSSR count). The van der Waals surface area contributed by atoms with Crippen LogP contribution < -0.4 is 0 Å². The second-order valence-electron chi connectivity index (χ2n) is 2.86. The molecule has 11 heavy (non-hydrogen) atoms. The number of hydrogen-bond donors (Lipinski definition) is 2. The summed E-state index contributed by atoms with van der Waals surface area (Å²) < 4.78 is 0. The van der Waals surface area contributed by atoms with Crippen LogP contribution >= 0.6 is 12.6 Å². The predicted molar refractivity (Wildman–Crippen MR) is 50.1 cm³/mol. The first-order valence-corrected chi connectivity index (χ1v) is 4.62. The monoisotopic (exact) mass is 173 g/mol. The second kappa shape index (κ2) is 4.80. The van der Waals surface area contributed by atoms with E-state index < -0.39 is 0 Å². The minimum atomic E-state index is -0.0978. The first-order chi connectivity index (χ1) is 5.33. The summed E-state index contributed by atoms with van der Waals surface area (Å²) in [5.41, 5.74) is 0. The van der Waals surface area contributed by atoms with Gasteiger partial charge >= 0.3 is 0 Å². The van der Waals surface area contributed by atoms with E-state index in [0.717, 1.165) is 31.8 Å². The molecule has 1 unspecified atom stereocenters. The summed E-state index contributed by atoms with van der Waals surface area (Å²) in [6, 6.07) is 0. The van der Waals surface area contributed by atoms with E-state index in [4.69, 9.17) is 0 Å². The van der Waals surface area contributed by atoms with Gasteiger partial charge in [0.25, 0.3) is 0 Å². The van der Waals surface area contributed by atoms with Crippen LogP contribution in [0.1, 0.15) is 6.42 Å². The molecule has 1 N–H and O–H groups in total. The molecule has 0 aromatic heterocycles. The van der Waals surface area contributed by atoms with Crippen molar-refractivity contribution in [2.24, 2.45) is 0 Å². The summed E-state index contributed by atoms with van der Waals surface area (Å²) in [7, 11) is 0. The maximum atomic E-state index is 9.18. The molecule has 1 atom stereocenters. The van der Waals surface area contributed by atoms with Gasteiger partial charge in [0.2, 0.25) is 0 Å². The number of rotatable bonds is 3. The molecule has 0 aliphatic carbocycles. The van der Waals surface area contributed by atoms with Crippen LogP contribution in [0.3, 0.4) is 0 Å². The third-order valence-corrected chi connectivity index (χ3v) is 2.09. The maximum absolute atomic E-state index is 9.18. The molecule has 1 saturated heterocycles. The Morgan fingerprint density at radius 2 is 2.36 bits per heavy atom. The number of thiol groups is 1. The van der Waals surface area contributed by atoms with Gasteiger partial charge in [-0.2, -0.15) is 12.6 Å². The van der Waals surface area contributed by atoms with Crippen molar-refractivity contribution in [3.8, 4) is 0 Å². The number of nitrogens with zero attached hydrogens (tertiary/aromatic N) is 1. The number of hydrogen-bond acceptors (Lipinski definition) is 3. The van der Waals surface area contributed by atoms with Crippen molar-refractivity contribution in [2.75, 3.05) is 25.4 Å². The first kappa shape index (κ1) is 9.10. The van der Waals surface area contributed by atoms with Gasteiger partial charge in [-0.05, 0) is 6.42 Å². The van der Waals surface area contributed by atoms with Crippen LogP contribution in [-0.4, -0.2) is 41.5 Å². The Kier molecular flexibility index (Phi) is 3.97. The van der Waals surface area contributed by atoms with Crippen molar-refractivity contribution >= 4 is 12.6 Å². The van der Waals surface area contributed by atoms with E-state index in [0.29, 0.717) is 0 Å². The van der Waals surface area contributed by atoms with Crippen LogP contribution in [0.4, 0.5) is 0 Å². The topological polar surface area (TPSA) is 23.5 Å². The number of aliphatic hydroxyl groups is 1. The minimum absolute atomic E-state index is 0.0978. The van der Waals surface area contributed by atoms with Gasteiger partial charge in [-0.15, -0.1) is 0 Å². The lowest BCUT2D eigenvalue weighted by atomic mass is 10.3. The molecular formula is C8H15NOS. The molecule has 0 bridgehead atoms. The molecule has 3 heteroatoms. The molecule has 0 aromatic carbocycles. The van der Waals surface area contributed by atoms with Crippen molar-refractivity contribution in [1.29, 1.82) is 0 Å². The SMILES string of the molecule is OC1CCN(CC=CCS)C1. The molecule has 0 aromatic rings. The lowest BCUT2D eigenvalue weighted by Crippen LogP contribution is -2.21. The molecule has 1 heterocycles. The standard InChI is InChI=1S/C8H15NOS/c10-8-3-5-9(7-8)4-1-2-6-11/h1-2,8,10-11H,3-7H2. The van der Waals surface area contributed by atoms with Gasteiger partial charge in [-0.3, -0.25) is 4.90 Å². The molecule has 1 aliphatic heterocycles. The molecule has 0 saturated carbocycles. The van der Waals surface area contributed by atoms with Crippen molar-refractivity contribution in [2.45, 2.75) is 12.5 Å². The van der Waals surface area contributed by atoms with E-state index >= 15 is 0 Å². The third kappa shape index (κ3) is 3.27. The maximum Gasteiger partial charge on any atom is 0.0679 e. The highest BCUT2D eigenvalue weighted by atomic mass is 32.1. The molecule has 0 amide bonds. The van der Waals surface area contributed by atoms with E-state index in [1.54, 1.807) is 0 Å². The van der Waals surface area contributed by atoms with Crippen molar-refractivity contribution in [1.82, 2.24) is 4.90 Å². The van der Waals surface area contributed by atoms with Gasteiger partial charge in [-0.25, -0.2) is 0 Å². The zero-order chi connectivity index (χ0) is 8.10. The second-order valence-corrected chi connectivity index (χ2v) is 3.22. The highest BCUT2D eigenvalue weighted by molar-refractivity contribution is 7.80. The van der Waals surface area contributed by atoms with Gasteiger partial charge < -0.3 is 5.11 Å². The summed E-state index contributed by atoms with van der Waals surface area (Å²) in [4.78, 5) is 2.24. The average Bonchev–Trinajstić information content (AvgIpc) is 2.37. The van der Waals surface area contributed by atoms with Gasteiger partial charge in [0, 0.05) is 25.4 Å². The van der Waals surface area contributed by atoms with Crippen LogP contribution in [0.15, 0.2) is 12.2 Å². The highest BCUT2D eigenvalue weighted by Gasteiger charge is 2.18. The Hall–Kier alpha value is 0.01000. The lowest BCUT2D eigenvalue weighted by Gasteiger charge is -2.10. The molecule has 1 aliphatic rings. The smallest absolute Gasteiger partial charge is 0.0679 e. The lowest BCUT2D eigenvalue weighted by molar-refractivity contribution is 0.179. The number of aliphatic hydroxyl groups excluding tert-OH is 1. The predicted octanol–water partition coefficient (Wildman–Crippen LogP) is 0.539. The Labute approximate surface area is 73.3 Å². The first-order valence-electron chi connectivity index (χ1n) is 3.99. The fraction of sp³-hybridized carbons (Fsp3) is 0.750. The summed E-state index contributed by atoms with van der Waals surface area (Å²) in [6.45, 7) is 2.81. The van der Waals surface area contributed by atoms with Crippen molar-refractivity contribution in [3.05, 3.63) is 12.2 Å². The van der Waals surface area contributed by atoms with Gasteiger partial charge in [0.1, 0.15) is 0 Å². The van der Waals surface area contributed by atoms with Gasteiger partial charge in [0.05, 0.1) is 6.10 Å². The minimum Gasteiger partial charge on any atom is -0.392 e. The zero-order valence-corrected chi connectivity index (χ0v) is 7.50. The quantitative estimate of drug-likeness (QED) is 0.480. The van der Waals surface area contributed by atoms with E-state index in [1.165, 1.54) is 0 Å². The van der Waals surface area contributed by atoms with Crippen molar-refractivity contribution < 1.29 is 5.11 Å². The molecule has 0 radical (unpaired) electrons. The molecule has 64 valence electrons. The van der Waals surface area contributed by atoms with E-state index in [2.05, 4.69) is 23.6 Å². The molecule has 2 nitrogen and oxygen atoms in total. The molecular weight excluding hydrogens is 158 g/mol. The third-order valence-electron chi connectivity index (χ3n) is 1.88. The number of likely N-dealkylation sites (tertiary alicyclic amines) is 1.